The third kappa shape index (κ3) is 4.55. The summed E-state index contributed by atoms with van der Waals surface area (Å²) in [6.07, 6.45) is 1.21. The summed E-state index contributed by atoms with van der Waals surface area (Å²) in [6.45, 7) is 8.57. The van der Waals surface area contributed by atoms with E-state index in [1.807, 2.05) is 6.07 Å². The predicted molar refractivity (Wildman–Crippen MR) is 80.6 cm³/mol. The molecular formula is C15H22BrFN2. The van der Waals surface area contributed by atoms with Crippen LogP contribution in [0.15, 0.2) is 22.7 Å². The van der Waals surface area contributed by atoms with Crippen LogP contribution in [0.3, 0.4) is 0 Å². The maximum absolute atomic E-state index is 13.1. The lowest BCUT2D eigenvalue weighted by atomic mass is 10.0. The predicted octanol–water partition coefficient (Wildman–Crippen LogP) is 3.41. The van der Waals surface area contributed by atoms with E-state index in [1.54, 1.807) is 6.07 Å². The van der Waals surface area contributed by atoms with Crippen LogP contribution in [0.2, 0.25) is 0 Å². The van der Waals surface area contributed by atoms with Gasteiger partial charge >= 0.3 is 0 Å². The lowest BCUT2D eigenvalue weighted by molar-refractivity contribution is 0.179. The van der Waals surface area contributed by atoms with Crippen molar-refractivity contribution >= 4 is 15.9 Å². The molecule has 0 saturated carbocycles. The normalized spacial score (nSPS) is 21.0. The number of piperazine rings is 1. The Hall–Kier alpha value is -0.450. The lowest BCUT2D eigenvalue weighted by Gasteiger charge is -2.34. The van der Waals surface area contributed by atoms with Crippen molar-refractivity contribution in [1.29, 1.82) is 0 Å². The van der Waals surface area contributed by atoms with E-state index in [4.69, 9.17) is 0 Å². The molecule has 1 saturated heterocycles. The van der Waals surface area contributed by atoms with Crippen LogP contribution in [0.4, 0.5) is 4.39 Å². The van der Waals surface area contributed by atoms with E-state index in [9.17, 15) is 4.39 Å². The van der Waals surface area contributed by atoms with Crippen LogP contribution in [-0.2, 0) is 6.54 Å². The van der Waals surface area contributed by atoms with Crippen LogP contribution in [0.5, 0.6) is 0 Å². The van der Waals surface area contributed by atoms with Crippen LogP contribution in [0.1, 0.15) is 25.8 Å². The standard InChI is InChI=1S/C15H22BrFN2/c1-11(2)7-14-10-19(6-5-18-14)9-12-3-4-13(17)8-15(12)16/h3-4,8,11,14,18H,5-7,9-10H2,1-2H3. The summed E-state index contributed by atoms with van der Waals surface area (Å²) in [5.74, 6) is 0.531. The number of benzene rings is 1. The number of rotatable bonds is 4. The summed E-state index contributed by atoms with van der Waals surface area (Å²) in [5.41, 5.74) is 1.16. The van der Waals surface area contributed by atoms with Gasteiger partial charge < -0.3 is 5.32 Å². The van der Waals surface area contributed by atoms with E-state index in [0.717, 1.165) is 42.1 Å². The van der Waals surface area contributed by atoms with Gasteiger partial charge in [-0.2, -0.15) is 0 Å². The Morgan fingerprint density at radius 3 is 2.95 bits per heavy atom. The van der Waals surface area contributed by atoms with Crippen molar-refractivity contribution in [2.45, 2.75) is 32.9 Å². The van der Waals surface area contributed by atoms with E-state index in [0.29, 0.717) is 6.04 Å². The maximum Gasteiger partial charge on any atom is 0.124 e. The number of nitrogens with one attached hydrogen (secondary N) is 1. The molecular weight excluding hydrogens is 307 g/mol. The molecule has 1 aromatic carbocycles. The highest BCUT2D eigenvalue weighted by molar-refractivity contribution is 9.10. The van der Waals surface area contributed by atoms with Crippen molar-refractivity contribution in [1.82, 2.24) is 10.2 Å². The fraction of sp³-hybridized carbons (Fsp3) is 0.600. The molecule has 1 unspecified atom stereocenters. The Kier molecular flexibility index (Phi) is 5.37. The Morgan fingerprint density at radius 2 is 2.26 bits per heavy atom. The third-order valence-corrected chi connectivity index (χ3v) is 4.24. The molecule has 1 fully saturated rings. The second kappa shape index (κ2) is 6.82. The Labute approximate surface area is 123 Å². The van der Waals surface area contributed by atoms with Crippen LogP contribution >= 0.6 is 15.9 Å². The van der Waals surface area contributed by atoms with Crippen LogP contribution in [0.25, 0.3) is 0 Å². The van der Waals surface area contributed by atoms with Crippen LogP contribution in [-0.4, -0.2) is 30.6 Å². The number of nitrogens with zero attached hydrogens (tertiary/aromatic N) is 1. The molecule has 1 aromatic rings. The van der Waals surface area contributed by atoms with Crippen LogP contribution < -0.4 is 5.32 Å². The molecule has 1 aliphatic rings. The zero-order valence-electron chi connectivity index (χ0n) is 11.6. The zero-order valence-corrected chi connectivity index (χ0v) is 13.2. The van der Waals surface area contributed by atoms with Gasteiger partial charge in [0.15, 0.2) is 0 Å². The first-order valence-corrected chi connectivity index (χ1v) is 7.73. The van der Waals surface area contributed by atoms with Gasteiger partial charge in [0, 0.05) is 36.7 Å². The van der Waals surface area contributed by atoms with E-state index in [2.05, 4.69) is 40.0 Å². The largest absolute Gasteiger partial charge is 0.311 e. The molecule has 2 nitrogen and oxygen atoms in total. The van der Waals surface area contributed by atoms with Crippen molar-refractivity contribution < 1.29 is 4.39 Å². The van der Waals surface area contributed by atoms with Gasteiger partial charge in [0.2, 0.25) is 0 Å². The molecule has 106 valence electrons. The molecule has 1 atom stereocenters. The van der Waals surface area contributed by atoms with Gasteiger partial charge in [0.1, 0.15) is 5.82 Å². The van der Waals surface area contributed by atoms with Gasteiger partial charge in [-0.1, -0.05) is 35.8 Å². The molecule has 4 heteroatoms. The number of halogens is 2. The highest BCUT2D eigenvalue weighted by Crippen LogP contribution is 2.20. The first-order valence-electron chi connectivity index (χ1n) is 6.94. The monoisotopic (exact) mass is 328 g/mol. The molecule has 0 radical (unpaired) electrons. The minimum Gasteiger partial charge on any atom is -0.311 e. The molecule has 0 bridgehead atoms. The molecule has 0 aliphatic carbocycles. The smallest absolute Gasteiger partial charge is 0.124 e. The van der Waals surface area contributed by atoms with E-state index in [-0.39, 0.29) is 5.82 Å². The van der Waals surface area contributed by atoms with E-state index >= 15 is 0 Å². The maximum atomic E-state index is 13.1. The minimum atomic E-state index is -0.186. The van der Waals surface area contributed by atoms with Crippen molar-refractivity contribution in [3.8, 4) is 0 Å². The fourth-order valence-electron chi connectivity index (χ4n) is 2.66. The Morgan fingerprint density at radius 1 is 1.47 bits per heavy atom. The van der Waals surface area contributed by atoms with Gasteiger partial charge in [-0.05, 0) is 30.0 Å². The second-order valence-corrected chi connectivity index (χ2v) is 6.61. The molecule has 0 aromatic heterocycles. The minimum absolute atomic E-state index is 0.186. The SMILES string of the molecule is CC(C)CC1CN(Cc2ccc(F)cc2Br)CCN1. The Balaban J connectivity index is 1.94. The van der Waals surface area contributed by atoms with Crippen molar-refractivity contribution in [3.63, 3.8) is 0 Å². The van der Waals surface area contributed by atoms with Gasteiger partial charge in [0.05, 0.1) is 0 Å². The topological polar surface area (TPSA) is 15.3 Å². The molecule has 1 aliphatic heterocycles. The first-order chi connectivity index (χ1) is 9.04. The molecule has 1 heterocycles. The summed E-state index contributed by atoms with van der Waals surface area (Å²) in [4.78, 5) is 2.45. The van der Waals surface area contributed by atoms with Crippen molar-refractivity contribution in [2.75, 3.05) is 19.6 Å². The van der Waals surface area contributed by atoms with Crippen molar-refractivity contribution in [2.24, 2.45) is 5.92 Å². The summed E-state index contributed by atoms with van der Waals surface area (Å²) >= 11 is 3.45. The average molecular weight is 329 g/mol. The highest BCUT2D eigenvalue weighted by Gasteiger charge is 2.20. The van der Waals surface area contributed by atoms with Crippen LogP contribution in [0, 0.1) is 11.7 Å². The summed E-state index contributed by atoms with van der Waals surface area (Å²) < 4.78 is 13.9. The third-order valence-electron chi connectivity index (χ3n) is 3.50. The highest BCUT2D eigenvalue weighted by atomic mass is 79.9. The fourth-order valence-corrected chi connectivity index (χ4v) is 3.13. The van der Waals surface area contributed by atoms with E-state index in [1.165, 1.54) is 12.5 Å². The summed E-state index contributed by atoms with van der Waals surface area (Å²) in [6, 6.07) is 5.53. The molecule has 1 N–H and O–H groups in total. The van der Waals surface area contributed by atoms with Gasteiger partial charge in [-0.15, -0.1) is 0 Å². The second-order valence-electron chi connectivity index (χ2n) is 5.75. The quantitative estimate of drug-likeness (QED) is 0.911. The van der Waals surface area contributed by atoms with Crippen molar-refractivity contribution in [3.05, 3.63) is 34.1 Å². The van der Waals surface area contributed by atoms with Gasteiger partial charge in [-0.25, -0.2) is 4.39 Å². The molecule has 2 rings (SSSR count). The van der Waals surface area contributed by atoms with E-state index < -0.39 is 0 Å². The molecule has 0 amide bonds. The molecule has 0 spiro atoms. The first kappa shape index (κ1) is 14.9. The lowest BCUT2D eigenvalue weighted by Crippen LogP contribution is -2.50. The molecule has 19 heavy (non-hydrogen) atoms. The Bertz CT molecular complexity index is 423. The van der Waals surface area contributed by atoms with Gasteiger partial charge in [0.25, 0.3) is 0 Å². The number of hydrogen-bond acceptors (Lipinski definition) is 2. The number of hydrogen-bond donors (Lipinski definition) is 1. The summed E-state index contributed by atoms with van der Waals surface area (Å²) in [7, 11) is 0. The summed E-state index contributed by atoms with van der Waals surface area (Å²) in [5, 5.41) is 3.58. The van der Waals surface area contributed by atoms with Gasteiger partial charge in [-0.3, -0.25) is 4.90 Å². The average Bonchev–Trinajstić information content (AvgIpc) is 2.32. The zero-order chi connectivity index (χ0) is 13.8.